The summed E-state index contributed by atoms with van der Waals surface area (Å²) in [7, 11) is 0. The Labute approximate surface area is 137 Å². The van der Waals surface area contributed by atoms with Crippen LogP contribution < -0.4 is 11.5 Å². The average Bonchev–Trinajstić information content (AvgIpc) is 2.50. The summed E-state index contributed by atoms with van der Waals surface area (Å²) in [5.41, 5.74) is 10.9. The predicted octanol–water partition coefficient (Wildman–Crippen LogP) is 4.21. The van der Waals surface area contributed by atoms with Crippen LogP contribution in [0.5, 0.6) is 0 Å². The molecule has 0 aromatic carbocycles. The highest BCUT2D eigenvalue weighted by Crippen LogP contribution is 2.13. The van der Waals surface area contributed by atoms with Gasteiger partial charge >= 0.3 is 5.97 Å². The lowest BCUT2D eigenvalue weighted by molar-refractivity contribution is -0.138. The molecule has 0 rings (SSSR count). The normalized spacial score (nSPS) is 12.5. The first-order valence-corrected chi connectivity index (χ1v) is 9.37. The van der Waals surface area contributed by atoms with Gasteiger partial charge in [0.2, 0.25) is 0 Å². The molecule has 0 heterocycles. The molecule has 0 fully saturated rings. The van der Waals surface area contributed by atoms with Crippen LogP contribution in [0.25, 0.3) is 0 Å². The minimum Gasteiger partial charge on any atom is -0.480 e. The Balaban J connectivity index is 3.04. The second kappa shape index (κ2) is 16.8. The quantitative estimate of drug-likeness (QED) is 0.351. The molecule has 1 unspecified atom stereocenters. The van der Waals surface area contributed by atoms with Crippen LogP contribution in [0, 0.1) is 0 Å². The van der Waals surface area contributed by atoms with Crippen molar-refractivity contribution in [2.24, 2.45) is 11.5 Å². The highest BCUT2D eigenvalue weighted by Gasteiger charge is 2.09. The topological polar surface area (TPSA) is 89.3 Å². The first kappa shape index (κ1) is 21.4. The Kier molecular flexibility index (Phi) is 16.3. The number of carboxylic acids is 1. The molecule has 0 radical (unpaired) electrons. The van der Waals surface area contributed by atoms with E-state index in [1.165, 1.54) is 77.0 Å². The molecule has 0 bridgehead atoms. The fourth-order valence-electron chi connectivity index (χ4n) is 2.75. The molecule has 132 valence electrons. The first-order valence-electron chi connectivity index (χ1n) is 9.37. The van der Waals surface area contributed by atoms with Gasteiger partial charge in [0, 0.05) is 0 Å². The summed E-state index contributed by atoms with van der Waals surface area (Å²) >= 11 is 0. The van der Waals surface area contributed by atoms with Crippen molar-refractivity contribution in [2.75, 3.05) is 6.54 Å². The summed E-state index contributed by atoms with van der Waals surface area (Å²) < 4.78 is 0. The van der Waals surface area contributed by atoms with Crippen molar-refractivity contribution in [1.29, 1.82) is 0 Å². The molecular formula is C18H38N2O2. The molecule has 0 saturated heterocycles. The summed E-state index contributed by atoms with van der Waals surface area (Å²) in [5.74, 6) is -0.876. The van der Waals surface area contributed by atoms with Crippen LogP contribution in [0.4, 0.5) is 0 Å². The van der Waals surface area contributed by atoms with Crippen LogP contribution in [0.1, 0.15) is 96.3 Å². The Morgan fingerprint density at radius 1 is 0.682 bits per heavy atom. The molecule has 0 spiro atoms. The molecule has 1 atom stereocenters. The molecule has 0 saturated carbocycles. The first-order chi connectivity index (χ1) is 10.7. The number of nitrogens with two attached hydrogens (primary N) is 2. The molecule has 4 heteroatoms. The van der Waals surface area contributed by atoms with E-state index in [0.29, 0.717) is 6.42 Å². The molecule has 0 aromatic rings. The number of carbonyl (C=O) groups is 1. The maximum Gasteiger partial charge on any atom is 0.320 e. The number of hydrogen-bond donors (Lipinski definition) is 3. The lowest BCUT2D eigenvalue weighted by Gasteiger charge is -2.06. The zero-order chi connectivity index (χ0) is 16.5. The van der Waals surface area contributed by atoms with Gasteiger partial charge < -0.3 is 16.6 Å². The molecule has 5 N–H and O–H groups in total. The number of unbranched alkanes of at least 4 members (excludes halogenated alkanes) is 13. The maximum absolute atomic E-state index is 10.5. The zero-order valence-electron chi connectivity index (χ0n) is 14.4. The van der Waals surface area contributed by atoms with E-state index in [-0.39, 0.29) is 0 Å². The van der Waals surface area contributed by atoms with Crippen molar-refractivity contribution >= 4 is 5.97 Å². The summed E-state index contributed by atoms with van der Waals surface area (Å²) in [6.45, 7) is 0.840. The Morgan fingerprint density at radius 2 is 1.00 bits per heavy atom. The molecule has 0 aliphatic heterocycles. The van der Waals surface area contributed by atoms with E-state index in [2.05, 4.69) is 0 Å². The van der Waals surface area contributed by atoms with Crippen LogP contribution in [0.3, 0.4) is 0 Å². The summed E-state index contributed by atoms with van der Waals surface area (Å²) in [6, 6.07) is -0.671. The van der Waals surface area contributed by atoms with Crippen LogP contribution >= 0.6 is 0 Å². The fraction of sp³-hybridized carbons (Fsp3) is 0.944. The largest absolute Gasteiger partial charge is 0.480 e. The zero-order valence-corrected chi connectivity index (χ0v) is 14.4. The molecule has 0 aromatic heterocycles. The second-order valence-electron chi connectivity index (χ2n) is 6.47. The Bertz CT molecular complexity index is 247. The van der Waals surface area contributed by atoms with Crippen molar-refractivity contribution in [3.8, 4) is 0 Å². The van der Waals surface area contributed by atoms with Gasteiger partial charge in [-0.25, -0.2) is 0 Å². The predicted molar refractivity (Wildman–Crippen MR) is 93.9 cm³/mol. The number of rotatable bonds is 17. The van der Waals surface area contributed by atoms with Crippen LogP contribution in [0.2, 0.25) is 0 Å². The van der Waals surface area contributed by atoms with Gasteiger partial charge in [-0.1, -0.05) is 83.5 Å². The Hall–Kier alpha value is -0.610. The summed E-state index contributed by atoms with van der Waals surface area (Å²) in [5, 5.41) is 8.67. The number of hydrogen-bond acceptors (Lipinski definition) is 3. The van der Waals surface area contributed by atoms with Crippen LogP contribution in [-0.2, 0) is 4.79 Å². The van der Waals surface area contributed by atoms with Crippen molar-refractivity contribution in [1.82, 2.24) is 0 Å². The average molecular weight is 315 g/mol. The van der Waals surface area contributed by atoms with Crippen LogP contribution in [0.15, 0.2) is 0 Å². The monoisotopic (exact) mass is 314 g/mol. The van der Waals surface area contributed by atoms with Gasteiger partial charge in [-0.2, -0.15) is 0 Å². The third-order valence-corrected chi connectivity index (χ3v) is 4.29. The lowest BCUT2D eigenvalue weighted by atomic mass is 10.0. The van der Waals surface area contributed by atoms with E-state index >= 15 is 0 Å². The second-order valence-corrected chi connectivity index (χ2v) is 6.47. The van der Waals surface area contributed by atoms with Crippen molar-refractivity contribution in [3.05, 3.63) is 0 Å². The molecule has 22 heavy (non-hydrogen) atoms. The highest BCUT2D eigenvalue weighted by molar-refractivity contribution is 5.72. The van der Waals surface area contributed by atoms with Gasteiger partial charge in [-0.3, -0.25) is 4.79 Å². The van der Waals surface area contributed by atoms with Gasteiger partial charge in [0.05, 0.1) is 0 Å². The van der Waals surface area contributed by atoms with Crippen LogP contribution in [-0.4, -0.2) is 23.7 Å². The fourth-order valence-corrected chi connectivity index (χ4v) is 2.75. The van der Waals surface area contributed by atoms with E-state index in [1.807, 2.05) is 0 Å². The van der Waals surface area contributed by atoms with E-state index in [4.69, 9.17) is 16.6 Å². The van der Waals surface area contributed by atoms with E-state index in [1.54, 1.807) is 0 Å². The SMILES string of the molecule is NCCCCCCCCCCCCCCCCC(N)C(=O)O. The lowest BCUT2D eigenvalue weighted by Crippen LogP contribution is -2.29. The minimum absolute atomic E-state index is 0.612. The summed E-state index contributed by atoms with van der Waals surface area (Å²) in [4.78, 5) is 10.5. The van der Waals surface area contributed by atoms with Gasteiger partial charge in [-0.15, -0.1) is 0 Å². The third kappa shape index (κ3) is 15.8. The third-order valence-electron chi connectivity index (χ3n) is 4.29. The molecule has 0 amide bonds. The van der Waals surface area contributed by atoms with Crippen molar-refractivity contribution in [2.45, 2.75) is 102 Å². The molecule has 4 nitrogen and oxygen atoms in total. The standard InChI is InChI=1S/C18H38N2O2/c19-16-14-12-10-8-6-4-2-1-3-5-7-9-11-13-15-17(20)18(21)22/h17H,1-16,19-20H2,(H,21,22). The van der Waals surface area contributed by atoms with Gasteiger partial charge in [-0.05, 0) is 19.4 Å². The maximum atomic E-state index is 10.5. The number of aliphatic carboxylic acids is 1. The molecular weight excluding hydrogens is 276 g/mol. The van der Waals surface area contributed by atoms with E-state index in [0.717, 1.165) is 19.4 Å². The highest BCUT2D eigenvalue weighted by atomic mass is 16.4. The Morgan fingerprint density at radius 3 is 1.32 bits per heavy atom. The smallest absolute Gasteiger partial charge is 0.320 e. The number of carboxylic acid groups (broad SMARTS) is 1. The summed E-state index contributed by atoms with van der Waals surface area (Å²) in [6.07, 6.45) is 18.6. The van der Waals surface area contributed by atoms with Gasteiger partial charge in [0.15, 0.2) is 0 Å². The van der Waals surface area contributed by atoms with E-state index < -0.39 is 12.0 Å². The van der Waals surface area contributed by atoms with Gasteiger partial charge in [0.25, 0.3) is 0 Å². The molecule has 0 aliphatic rings. The van der Waals surface area contributed by atoms with Gasteiger partial charge in [0.1, 0.15) is 6.04 Å². The van der Waals surface area contributed by atoms with Crippen molar-refractivity contribution in [3.63, 3.8) is 0 Å². The van der Waals surface area contributed by atoms with E-state index in [9.17, 15) is 4.79 Å². The minimum atomic E-state index is -0.876. The molecule has 0 aliphatic carbocycles. The van der Waals surface area contributed by atoms with Crippen molar-refractivity contribution < 1.29 is 9.90 Å².